The van der Waals surface area contributed by atoms with Gasteiger partial charge in [-0.05, 0) is 44.9 Å². The third kappa shape index (κ3) is 5.60. The lowest BCUT2D eigenvalue weighted by Crippen LogP contribution is -2.34. The highest BCUT2D eigenvalue weighted by Crippen LogP contribution is 2.22. The Morgan fingerprint density at radius 2 is 2.05 bits per heavy atom. The maximum atomic E-state index is 14.1. The highest BCUT2D eigenvalue weighted by molar-refractivity contribution is 9.10. The van der Waals surface area contributed by atoms with E-state index in [9.17, 15) is 9.18 Å². The van der Waals surface area contributed by atoms with E-state index in [2.05, 4.69) is 26.6 Å². The Bertz CT molecular complexity index is 606. The van der Waals surface area contributed by atoms with Crippen molar-refractivity contribution >= 4 is 28.1 Å². The fourth-order valence-corrected chi connectivity index (χ4v) is 1.95. The van der Waals surface area contributed by atoms with Gasteiger partial charge in [0.2, 0.25) is 5.91 Å². The maximum Gasteiger partial charge on any atom is 0.228 e. The van der Waals surface area contributed by atoms with E-state index < -0.39 is 5.82 Å². The van der Waals surface area contributed by atoms with Crippen molar-refractivity contribution in [2.24, 2.45) is 0 Å². The first kappa shape index (κ1) is 18.4. The van der Waals surface area contributed by atoms with E-state index in [0.717, 1.165) is 6.21 Å². The Balaban J connectivity index is 2.77. The lowest BCUT2D eigenvalue weighted by molar-refractivity contribution is -0.119. The number of hydrogen-bond acceptors (Lipinski definition) is 3. The van der Waals surface area contributed by atoms with Crippen molar-refractivity contribution in [3.05, 3.63) is 45.4 Å². The molecule has 0 aliphatic rings. The molecule has 0 saturated carbocycles. The van der Waals surface area contributed by atoms with Crippen molar-refractivity contribution in [3.8, 4) is 0 Å². The van der Waals surface area contributed by atoms with Crippen molar-refractivity contribution < 1.29 is 9.18 Å². The summed E-state index contributed by atoms with van der Waals surface area (Å²) in [5, 5.41) is 13.0. The highest BCUT2D eigenvalue weighted by Gasteiger charge is 2.13. The number of carbonyl (C=O) groups is 1. The summed E-state index contributed by atoms with van der Waals surface area (Å²) in [7, 11) is 0. The Hall–Kier alpha value is -1.69. The van der Waals surface area contributed by atoms with Gasteiger partial charge in [-0.2, -0.15) is 0 Å². The van der Waals surface area contributed by atoms with E-state index in [4.69, 9.17) is 5.41 Å². The summed E-state index contributed by atoms with van der Waals surface area (Å²) >= 11 is 3.25. The number of rotatable bonds is 5. The molecule has 1 aromatic rings. The van der Waals surface area contributed by atoms with Crippen LogP contribution in [0, 0.1) is 18.2 Å². The van der Waals surface area contributed by atoms with Crippen LogP contribution in [0.25, 0.3) is 0 Å². The zero-order chi connectivity index (χ0) is 16.9. The first-order valence-corrected chi connectivity index (χ1v) is 7.65. The lowest BCUT2D eigenvalue weighted by atomic mass is 10.1. The fourth-order valence-electron chi connectivity index (χ4n) is 1.64. The molecule has 0 heterocycles. The summed E-state index contributed by atoms with van der Waals surface area (Å²) in [5.41, 5.74) is 0.955. The normalized spacial score (nSPS) is 12.0. The molecule has 0 aliphatic heterocycles. The SMILES string of the molecule is Cc1c(Br)ccc(CC(=O)N/C(C=N)=C/NC(C)(C)C)c1F. The van der Waals surface area contributed by atoms with Gasteiger partial charge in [0, 0.05) is 22.4 Å². The average molecular weight is 370 g/mol. The standard InChI is InChI=1S/C16H21BrFN3O/c1-10-13(17)6-5-11(15(10)18)7-14(22)21-12(8-19)9-20-16(2,3)4/h5-6,8-9,19-20H,7H2,1-4H3,(H,21,22)/b12-9+,19-8?. The smallest absolute Gasteiger partial charge is 0.228 e. The predicted molar refractivity (Wildman–Crippen MR) is 90.4 cm³/mol. The highest BCUT2D eigenvalue weighted by atomic mass is 79.9. The Labute approximate surface area is 138 Å². The van der Waals surface area contributed by atoms with Crippen molar-refractivity contribution in [2.45, 2.75) is 39.7 Å². The zero-order valence-corrected chi connectivity index (χ0v) is 14.8. The lowest BCUT2D eigenvalue weighted by Gasteiger charge is -2.19. The largest absolute Gasteiger partial charge is 0.385 e. The van der Waals surface area contributed by atoms with Gasteiger partial charge in [0.05, 0.1) is 12.1 Å². The van der Waals surface area contributed by atoms with Crippen LogP contribution in [0.2, 0.25) is 0 Å². The summed E-state index contributed by atoms with van der Waals surface area (Å²) in [6, 6.07) is 3.29. The van der Waals surface area contributed by atoms with E-state index in [1.54, 1.807) is 25.3 Å². The number of hydrogen-bond donors (Lipinski definition) is 3. The summed E-state index contributed by atoms with van der Waals surface area (Å²) in [5.74, 6) is -0.760. The molecule has 0 unspecified atom stereocenters. The molecule has 1 aromatic carbocycles. The molecule has 0 fully saturated rings. The Kier molecular flexibility index (Phi) is 6.29. The first-order valence-electron chi connectivity index (χ1n) is 6.85. The molecule has 0 spiro atoms. The van der Waals surface area contributed by atoms with Crippen LogP contribution in [-0.2, 0) is 11.2 Å². The zero-order valence-electron chi connectivity index (χ0n) is 13.2. The summed E-state index contributed by atoms with van der Waals surface area (Å²) < 4.78 is 14.7. The number of nitrogens with one attached hydrogen (secondary N) is 3. The van der Waals surface area contributed by atoms with Gasteiger partial charge in [-0.3, -0.25) is 4.79 Å². The van der Waals surface area contributed by atoms with Crippen molar-refractivity contribution in [1.29, 1.82) is 5.41 Å². The van der Waals surface area contributed by atoms with Gasteiger partial charge >= 0.3 is 0 Å². The average Bonchev–Trinajstić information content (AvgIpc) is 2.43. The molecule has 22 heavy (non-hydrogen) atoms. The predicted octanol–water partition coefficient (Wildman–Crippen LogP) is 3.43. The molecule has 0 bridgehead atoms. The number of halogens is 2. The van der Waals surface area contributed by atoms with Gasteiger partial charge in [0.25, 0.3) is 0 Å². The molecular weight excluding hydrogens is 349 g/mol. The van der Waals surface area contributed by atoms with Gasteiger partial charge in [-0.1, -0.05) is 22.0 Å². The second-order valence-corrected chi connectivity index (χ2v) is 6.86. The number of benzene rings is 1. The molecule has 3 N–H and O–H groups in total. The van der Waals surface area contributed by atoms with Crippen LogP contribution in [0.4, 0.5) is 4.39 Å². The van der Waals surface area contributed by atoms with Gasteiger partial charge < -0.3 is 16.0 Å². The minimum atomic E-state index is -0.391. The molecule has 0 radical (unpaired) electrons. The maximum absolute atomic E-state index is 14.1. The molecule has 0 aliphatic carbocycles. The van der Waals surface area contributed by atoms with Crippen LogP contribution >= 0.6 is 15.9 Å². The van der Waals surface area contributed by atoms with Crippen molar-refractivity contribution in [2.75, 3.05) is 0 Å². The van der Waals surface area contributed by atoms with Crippen molar-refractivity contribution in [3.63, 3.8) is 0 Å². The number of allylic oxidation sites excluding steroid dienone is 1. The number of carbonyl (C=O) groups excluding carboxylic acids is 1. The van der Waals surface area contributed by atoms with Gasteiger partial charge in [0.1, 0.15) is 5.82 Å². The fraction of sp³-hybridized carbons (Fsp3) is 0.375. The van der Waals surface area contributed by atoms with E-state index in [0.29, 0.717) is 21.3 Å². The van der Waals surface area contributed by atoms with E-state index in [-0.39, 0.29) is 17.9 Å². The topological polar surface area (TPSA) is 65.0 Å². The van der Waals surface area contributed by atoms with Crippen LogP contribution < -0.4 is 10.6 Å². The van der Waals surface area contributed by atoms with E-state index >= 15 is 0 Å². The first-order chi connectivity index (χ1) is 10.1. The van der Waals surface area contributed by atoms with Gasteiger partial charge in [-0.15, -0.1) is 0 Å². The summed E-state index contributed by atoms with van der Waals surface area (Å²) in [6.07, 6.45) is 2.52. The second-order valence-electron chi connectivity index (χ2n) is 6.01. The Morgan fingerprint density at radius 1 is 1.41 bits per heavy atom. The molecule has 1 amide bonds. The third-order valence-electron chi connectivity index (χ3n) is 2.85. The van der Waals surface area contributed by atoms with Crippen LogP contribution in [0.15, 0.2) is 28.5 Å². The summed E-state index contributed by atoms with van der Waals surface area (Å²) in [4.78, 5) is 12.0. The van der Waals surface area contributed by atoms with Gasteiger partial charge in [0.15, 0.2) is 0 Å². The molecule has 120 valence electrons. The van der Waals surface area contributed by atoms with Crippen molar-refractivity contribution in [1.82, 2.24) is 10.6 Å². The van der Waals surface area contributed by atoms with Crippen LogP contribution in [0.3, 0.4) is 0 Å². The van der Waals surface area contributed by atoms with E-state index in [1.165, 1.54) is 0 Å². The second kappa shape index (κ2) is 7.54. The molecular formula is C16H21BrFN3O. The third-order valence-corrected chi connectivity index (χ3v) is 3.71. The van der Waals surface area contributed by atoms with Crippen LogP contribution in [0.1, 0.15) is 31.9 Å². The molecule has 0 aromatic heterocycles. The molecule has 6 heteroatoms. The monoisotopic (exact) mass is 369 g/mol. The quantitative estimate of drug-likeness (QED) is 0.696. The number of amides is 1. The molecule has 0 saturated heterocycles. The minimum absolute atomic E-state index is 0.0827. The van der Waals surface area contributed by atoms with Crippen LogP contribution in [-0.4, -0.2) is 17.7 Å². The molecule has 1 rings (SSSR count). The molecule has 4 nitrogen and oxygen atoms in total. The van der Waals surface area contributed by atoms with Gasteiger partial charge in [-0.25, -0.2) is 4.39 Å². The van der Waals surface area contributed by atoms with Crippen LogP contribution in [0.5, 0.6) is 0 Å². The molecule has 0 atom stereocenters. The van der Waals surface area contributed by atoms with E-state index in [1.807, 2.05) is 20.8 Å². The minimum Gasteiger partial charge on any atom is -0.385 e. The Morgan fingerprint density at radius 3 is 2.59 bits per heavy atom. The summed E-state index contributed by atoms with van der Waals surface area (Å²) in [6.45, 7) is 7.55.